The predicted octanol–water partition coefficient (Wildman–Crippen LogP) is 7.99. The van der Waals surface area contributed by atoms with Crippen molar-refractivity contribution in [1.82, 2.24) is 4.90 Å². The third-order valence-corrected chi connectivity index (χ3v) is 11.0. The highest BCUT2D eigenvalue weighted by Crippen LogP contribution is 2.75. The first-order valence-corrected chi connectivity index (χ1v) is 15.1. The SMILES string of the molecule is CCCCCCCN1Cc2ccccc2C1(c1ccc(OC)c(OC)c1)S(OC)(OC)c1ccc(C)cc1. The van der Waals surface area contributed by atoms with Crippen LogP contribution in [-0.4, -0.2) is 39.9 Å². The zero-order valence-electron chi connectivity index (χ0n) is 23.8. The minimum absolute atomic E-state index is 0.688. The number of rotatable bonds is 13. The summed E-state index contributed by atoms with van der Waals surface area (Å²) in [5.41, 5.74) is 4.80. The van der Waals surface area contributed by atoms with Gasteiger partial charge in [-0.05, 0) is 43.2 Å². The lowest BCUT2D eigenvalue weighted by atomic mass is 9.96. The molecule has 6 heteroatoms. The van der Waals surface area contributed by atoms with E-state index >= 15 is 0 Å². The number of methoxy groups -OCH3 is 2. The molecule has 1 aliphatic rings. The van der Waals surface area contributed by atoms with Gasteiger partial charge < -0.3 is 9.47 Å². The second kappa shape index (κ2) is 12.6. The van der Waals surface area contributed by atoms with Crippen LogP contribution in [0, 0.1) is 6.92 Å². The molecule has 1 atom stereocenters. The Morgan fingerprint density at radius 3 is 2.13 bits per heavy atom. The largest absolute Gasteiger partial charge is 0.493 e. The van der Waals surface area contributed by atoms with Crippen LogP contribution in [0.15, 0.2) is 71.6 Å². The second-order valence-corrected chi connectivity index (χ2v) is 12.6. The predicted molar refractivity (Wildman–Crippen MR) is 157 cm³/mol. The van der Waals surface area contributed by atoms with Gasteiger partial charge in [-0.2, -0.15) is 0 Å². The first-order chi connectivity index (χ1) is 18.5. The number of hydrogen-bond acceptors (Lipinski definition) is 5. The first-order valence-electron chi connectivity index (χ1n) is 13.6. The summed E-state index contributed by atoms with van der Waals surface area (Å²) >= 11 is 0. The quantitative estimate of drug-likeness (QED) is 0.207. The van der Waals surface area contributed by atoms with E-state index in [1.807, 2.05) is 6.07 Å². The minimum Gasteiger partial charge on any atom is -0.493 e. The van der Waals surface area contributed by atoms with Crippen molar-refractivity contribution < 1.29 is 17.8 Å². The van der Waals surface area contributed by atoms with Crippen molar-refractivity contribution in [2.24, 2.45) is 0 Å². The number of fused-ring (bicyclic) bond motifs is 1. The maximum atomic E-state index is 6.66. The highest BCUT2D eigenvalue weighted by molar-refractivity contribution is 8.26. The lowest BCUT2D eigenvalue weighted by molar-refractivity contribution is 0.176. The van der Waals surface area contributed by atoms with Crippen LogP contribution >= 0.6 is 10.6 Å². The van der Waals surface area contributed by atoms with Crippen LogP contribution in [0.1, 0.15) is 61.3 Å². The molecule has 0 saturated heterocycles. The minimum atomic E-state index is -2.39. The Kier molecular flexibility index (Phi) is 9.42. The van der Waals surface area contributed by atoms with E-state index in [4.69, 9.17) is 17.8 Å². The highest BCUT2D eigenvalue weighted by Gasteiger charge is 2.58. The lowest BCUT2D eigenvalue weighted by Crippen LogP contribution is -2.47. The molecule has 0 radical (unpaired) electrons. The van der Waals surface area contributed by atoms with Crippen LogP contribution in [0.2, 0.25) is 0 Å². The maximum absolute atomic E-state index is 6.66. The molecule has 5 nitrogen and oxygen atoms in total. The fraction of sp³-hybridized carbons (Fsp3) is 0.438. The van der Waals surface area contributed by atoms with Crippen LogP contribution in [0.3, 0.4) is 0 Å². The van der Waals surface area contributed by atoms with Crippen molar-refractivity contribution in [3.63, 3.8) is 0 Å². The van der Waals surface area contributed by atoms with E-state index < -0.39 is 15.5 Å². The van der Waals surface area contributed by atoms with E-state index in [9.17, 15) is 0 Å². The zero-order valence-corrected chi connectivity index (χ0v) is 24.6. The topological polar surface area (TPSA) is 40.2 Å². The summed E-state index contributed by atoms with van der Waals surface area (Å²) in [6, 6.07) is 23.6. The fourth-order valence-electron chi connectivity index (χ4n) is 5.86. The standard InChI is InChI=1S/C32H43NO4S/c1-7-8-9-10-13-22-33-24-26-14-11-12-15-29(26)32(33,27-18-21-30(34-3)31(23-27)35-4)38(36-5,37-6)28-19-16-25(2)17-20-28/h11-12,14-21,23H,7-10,13,22,24H2,1-6H3. The second-order valence-electron chi connectivity index (χ2n) is 9.86. The van der Waals surface area contributed by atoms with Gasteiger partial charge in [-0.15, -0.1) is 10.6 Å². The van der Waals surface area contributed by atoms with Crippen molar-refractivity contribution in [2.75, 3.05) is 35.0 Å². The summed E-state index contributed by atoms with van der Waals surface area (Å²) in [6.45, 7) is 6.12. The van der Waals surface area contributed by atoms with Crippen molar-refractivity contribution >= 4 is 10.6 Å². The molecule has 0 aromatic heterocycles. The number of nitrogens with zero attached hydrogens (tertiary/aromatic N) is 1. The van der Waals surface area contributed by atoms with Crippen LogP contribution in [-0.2, 0) is 19.8 Å². The molecule has 3 aromatic rings. The van der Waals surface area contributed by atoms with E-state index in [-0.39, 0.29) is 0 Å². The third-order valence-electron chi connectivity index (χ3n) is 7.68. The van der Waals surface area contributed by atoms with Gasteiger partial charge in [0, 0.05) is 24.2 Å². The molecule has 1 unspecified atom stereocenters. The van der Waals surface area contributed by atoms with Gasteiger partial charge in [0.05, 0.1) is 33.3 Å². The number of unbranched alkanes of at least 4 members (excludes halogenated alkanes) is 4. The lowest BCUT2D eigenvalue weighted by Gasteiger charge is -2.58. The number of benzene rings is 3. The van der Waals surface area contributed by atoms with Crippen molar-refractivity contribution in [3.8, 4) is 11.5 Å². The van der Waals surface area contributed by atoms with Crippen molar-refractivity contribution in [3.05, 3.63) is 89.0 Å². The van der Waals surface area contributed by atoms with Gasteiger partial charge in [-0.25, -0.2) is 0 Å². The number of hydrogen-bond donors (Lipinski definition) is 0. The monoisotopic (exact) mass is 537 g/mol. The van der Waals surface area contributed by atoms with Crippen molar-refractivity contribution in [2.45, 2.75) is 62.3 Å². The summed E-state index contributed by atoms with van der Waals surface area (Å²) in [7, 11) is 4.56. The van der Waals surface area contributed by atoms with E-state index in [2.05, 4.69) is 79.4 Å². The van der Waals surface area contributed by atoms with Gasteiger partial charge in [0.25, 0.3) is 0 Å². The molecule has 38 heavy (non-hydrogen) atoms. The van der Waals surface area contributed by atoms with E-state index in [0.29, 0.717) is 11.5 Å². The fourth-order valence-corrected chi connectivity index (χ4v) is 9.12. The normalized spacial score (nSPS) is 17.8. The summed E-state index contributed by atoms with van der Waals surface area (Å²) in [6.07, 6.45) is 6.08. The van der Waals surface area contributed by atoms with Gasteiger partial charge in [-0.1, -0.05) is 80.6 Å². The van der Waals surface area contributed by atoms with Crippen LogP contribution in [0.25, 0.3) is 0 Å². The van der Waals surface area contributed by atoms with Gasteiger partial charge >= 0.3 is 0 Å². The Bertz CT molecular complexity index is 1190. The molecule has 4 rings (SSSR count). The summed E-state index contributed by atoms with van der Waals surface area (Å²) in [4.78, 5) is 2.95. The Morgan fingerprint density at radius 1 is 0.789 bits per heavy atom. The zero-order chi connectivity index (χ0) is 27.2. The van der Waals surface area contributed by atoms with Gasteiger partial charge in [0.2, 0.25) is 0 Å². The summed E-state index contributed by atoms with van der Waals surface area (Å²) < 4.78 is 24.8. The number of ether oxygens (including phenoxy) is 2. The first kappa shape index (κ1) is 28.5. The van der Waals surface area contributed by atoms with Crippen LogP contribution in [0.5, 0.6) is 11.5 Å². The molecule has 0 N–H and O–H groups in total. The Hall–Kier alpha value is -2.51. The molecule has 1 aliphatic heterocycles. The highest BCUT2D eigenvalue weighted by atomic mass is 32.3. The number of aryl methyl sites for hydroxylation is 1. The molecule has 0 bridgehead atoms. The Labute approximate surface area is 230 Å². The van der Waals surface area contributed by atoms with Crippen LogP contribution < -0.4 is 9.47 Å². The summed E-state index contributed by atoms with van der Waals surface area (Å²) in [5.74, 6) is 1.40. The van der Waals surface area contributed by atoms with E-state index in [1.165, 1.54) is 42.4 Å². The van der Waals surface area contributed by atoms with Gasteiger partial charge in [-0.3, -0.25) is 13.3 Å². The molecule has 0 amide bonds. The Morgan fingerprint density at radius 2 is 1.47 bits per heavy atom. The molecule has 0 spiro atoms. The molecule has 1 heterocycles. The maximum Gasteiger partial charge on any atom is 0.168 e. The van der Waals surface area contributed by atoms with E-state index in [0.717, 1.165) is 30.0 Å². The van der Waals surface area contributed by atoms with Crippen molar-refractivity contribution in [1.29, 1.82) is 0 Å². The molecule has 206 valence electrons. The summed E-state index contributed by atoms with van der Waals surface area (Å²) in [5, 5.41) is 0. The molecular formula is C32H43NO4S. The van der Waals surface area contributed by atoms with E-state index in [1.54, 1.807) is 28.4 Å². The molecular weight excluding hydrogens is 494 g/mol. The molecule has 0 aliphatic carbocycles. The molecule has 3 aromatic carbocycles. The molecule has 0 saturated carbocycles. The Balaban J connectivity index is 2.01. The average Bonchev–Trinajstić information content (AvgIpc) is 3.29. The average molecular weight is 538 g/mol. The van der Waals surface area contributed by atoms with Gasteiger partial charge in [0.1, 0.15) is 0 Å². The smallest absolute Gasteiger partial charge is 0.168 e. The molecule has 0 fully saturated rings. The van der Waals surface area contributed by atoms with Gasteiger partial charge in [0.15, 0.2) is 16.4 Å². The third kappa shape index (κ3) is 4.84. The van der Waals surface area contributed by atoms with Crippen LogP contribution in [0.4, 0.5) is 0 Å².